The molecule has 0 amide bonds. The molecule has 0 saturated carbocycles. The molecule has 12 aromatic rings. The maximum atomic E-state index is 2.31. The number of hydrogen-bond acceptors (Lipinski definition) is 3. The predicted molar refractivity (Wildman–Crippen MR) is 397 cm³/mol. The molecule has 0 atom stereocenters. The van der Waals surface area contributed by atoms with Crippen molar-refractivity contribution in [1.29, 1.82) is 0 Å². The Morgan fingerprint density at radius 1 is 0.207 bits per heavy atom. The number of hydrogen-bond donors (Lipinski definition) is 0. The number of benzene rings is 12. The minimum Gasteiger partial charge on any atom is -0.317 e. The molecule has 0 N–H and O–H groups in total. The highest BCUT2D eigenvalue weighted by molar-refractivity contribution is 5.87. The lowest BCUT2D eigenvalue weighted by Crippen LogP contribution is -2.10. The summed E-state index contributed by atoms with van der Waals surface area (Å²) in [4.78, 5) is 6.86. The molecule has 0 saturated heterocycles. The van der Waals surface area contributed by atoms with Gasteiger partial charge in [-0.3, -0.25) is 0 Å². The fourth-order valence-electron chi connectivity index (χ4n) is 11.0. The van der Waals surface area contributed by atoms with Gasteiger partial charge in [0.1, 0.15) is 0 Å². The Morgan fingerprint density at radius 3 is 0.598 bits per heavy atom. The molecule has 12 rings (SSSR count). The van der Waals surface area contributed by atoms with Crippen molar-refractivity contribution in [2.75, 3.05) is 14.7 Å². The fourth-order valence-corrected chi connectivity index (χ4v) is 11.0. The van der Waals surface area contributed by atoms with E-state index in [0.29, 0.717) is 0 Å². The van der Waals surface area contributed by atoms with Crippen LogP contribution >= 0.6 is 0 Å². The van der Waals surface area contributed by atoms with Crippen LogP contribution in [0.4, 0.5) is 34.1 Å². The molecular formula is C89H85N3. The maximum Gasteiger partial charge on any atom is 0.0455 e. The molecule has 12 aromatic carbocycles. The van der Waals surface area contributed by atoms with Crippen molar-refractivity contribution in [2.24, 2.45) is 0 Å². The maximum absolute atomic E-state index is 2.31. The second kappa shape index (κ2) is 32.1. The summed E-state index contributed by atoms with van der Waals surface area (Å²) in [5.41, 5.74) is 28.1. The third kappa shape index (κ3) is 17.4. The topological polar surface area (TPSA) is 9.72 Å². The summed E-state index contributed by atoms with van der Waals surface area (Å²) in [7, 11) is 0. The van der Waals surface area contributed by atoms with Crippen molar-refractivity contribution in [3.8, 4) is 0 Å². The van der Waals surface area contributed by atoms with Crippen LogP contribution in [0.5, 0.6) is 0 Å². The Balaban J connectivity index is 0.000000152. The minimum absolute atomic E-state index is 1.04. The lowest BCUT2D eigenvalue weighted by Gasteiger charge is -2.24. The number of nitrogens with zero attached hydrogens (tertiary/aromatic N) is 3. The van der Waals surface area contributed by atoms with Gasteiger partial charge in [-0.15, -0.1) is 0 Å². The third-order valence-electron chi connectivity index (χ3n) is 16.6. The van der Waals surface area contributed by atoms with E-state index in [4.69, 9.17) is 0 Å². The van der Waals surface area contributed by atoms with Gasteiger partial charge in [0.15, 0.2) is 0 Å². The van der Waals surface area contributed by atoms with Crippen LogP contribution in [0.2, 0.25) is 0 Å². The molecule has 0 heterocycles. The van der Waals surface area contributed by atoms with Crippen molar-refractivity contribution in [1.82, 2.24) is 0 Å². The molecule has 0 unspecified atom stereocenters. The standard InChI is InChI=1S/C32H33N.C29H27N.C28H25N/c1-5-26-11-19-30(20-12-26)33(31-21-13-27(6-2)14-22-31)23-32(28-15-7-24(3)8-16-28)29-17-9-25(4)10-18-29;1-3-24-16-20-28(21-17-24)30(27-18-14-23(2)15-19-27)22-29(25-10-6-4-7-11-25)26-12-8-5-9-13-26;1-22-13-17-24(18-14-22)28(25-19-15-23(2)16-20-25)21-29(26-9-5-3-6-10-26)27-11-7-4-8-12-27/h7-23H,5-6H2,1-4H3;4-22H,3H2,1-2H3;3-21H,1-2H3. The molecule has 456 valence electrons. The average Bonchev–Trinajstić information content (AvgIpc) is 3.21. The molecule has 0 aromatic heterocycles. The highest BCUT2D eigenvalue weighted by atomic mass is 15.1. The van der Waals surface area contributed by atoms with Gasteiger partial charge in [-0.2, -0.15) is 0 Å². The van der Waals surface area contributed by atoms with E-state index in [2.05, 4.69) is 404 Å². The minimum atomic E-state index is 1.04. The van der Waals surface area contributed by atoms with Crippen LogP contribution < -0.4 is 14.7 Å². The lowest BCUT2D eigenvalue weighted by atomic mass is 9.96. The van der Waals surface area contributed by atoms with Crippen molar-refractivity contribution in [3.05, 3.63) is 412 Å². The Hall–Kier alpha value is -10.7. The molecule has 92 heavy (non-hydrogen) atoms. The van der Waals surface area contributed by atoms with Gasteiger partial charge in [-0.25, -0.2) is 0 Å². The first-order chi connectivity index (χ1) is 45.0. The van der Waals surface area contributed by atoms with E-state index in [1.54, 1.807) is 0 Å². The van der Waals surface area contributed by atoms with Crippen LogP contribution in [-0.2, 0) is 19.3 Å². The molecule has 0 radical (unpaired) electrons. The molecule has 3 nitrogen and oxygen atoms in total. The van der Waals surface area contributed by atoms with E-state index in [-0.39, 0.29) is 0 Å². The summed E-state index contributed by atoms with van der Waals surface area (Å²) in [5.74, 6) is 0. The summed E-state index contributed by atoms with van der Waals surface area (Å²) in [6, 6.07) is 113. The smallest absolute Gasteiger partial charge is 0.0455 e. The summed E-state index contributed by atoms with van der Waals surface area (Å²) in [6.45, 7) is 17.2. The molecule has 0 fully saturated rings. The average molecular weight is 1200 g/mol. The fraction of sp³-hybridized carbons (Fsp3) is 0.124. The number of aryl methyl sites for hydroxylation is 8. The SMILES string of the molecule is CCc1ccc(N(C=C(c2ccc(C)cc2)c2ccc(C)cc2)c2ccc(CC)cc2)cc1.CCc1ccc(N(C=C(c2ccccc2)c2ccccc2)c2ccc(C)cc2)cc1.Cc1ccc(C(=CN(c2ccccc2)c2ccccc2)c2ccc(C)cc2)cc1. The molecule has 3 heteroatoms. The van der Waals surface area contributed by atoms with Gasteiger partial charge in [-0.1, -0.05) is 291 Å². The van der Waals surface area contributed by atoms with Crippen LogP contribution in [0.3, 0.4) is 0 Å². The van der Waals surface area contributed by atoms with Gasteiger partial charge in [0.05, 0.1) is 0 Å². The van der Waals surface area contributed by atoms with Gasteiger partial charge < -0.3 is 14.7 Å². The van der Waals surface area contributed by atoms with Crippen molar-refractivity contribution >= 4 is 50.8 Å². The van der Waals surface area contributed by atoms with E-state index in [1.807, 2.05) is 0 Å². The van der Waals surface area contributed by atoms with Crippen LogP contribution in [0.15, 0.2) is 334 Å². The zero-order valence-corrected chi connectivity index (χ0v) is 54.7. The monoisotopic (exact) mass is 1200 g/mol. The number of rotatable bonds is 18. The lowest BCUT2D eigenvalue weighted by molar-refractivity contribution is 1.13. The summed E-state index contributed by atoms with van der Waals surface area (Å²) in [5, 5.41) is 0. The second-order valence-corrected chi connectivity index (χ2v) is 23.5. The Bertz CT molecular complexity index is 4040. The first kappa shape index (κ1) is 64.3. The van der Waals surface area contributed by atoms with Crippen LogP contribution in [-0.4, -0.2) is 0 Å². The van der Waals surface area contributed by atoms with E-state index < -0.39 is 0 Å². The van der Waals surface area contributed by atoms with Gasteiger partial charge in [0.25, 0.3) is 0 Å². The van der Waals surface area contributed by atoms with Crippen molar-refractivity contribution in [2.45, 2.75) is 74.7 Å². The highest BCUT2D eigenvalue weighted by Crippen LogP contribution is 2.36. The predicted octanol–water partition coefficient (Wildman–Crippen LogP) is 24.0. The van der Waals surface area contributed by atoms with E-state index in [9.17, 15) is 0 Å². The van der Waals surface area contributed by atoms with Crippen LogP contribution in [0.25, 0.3) is 16.7 Å². The molecule has 0 aliphatic heterocycles. The van der Waals surface area contributed by atoms with Gasteiger partial charge in [0.2, 0.25) is 0 Å². The normalized spacial score (nSPS) is 10.5. The van der Waals surface area contributed by atoms with Gasteiger partial charge in [0, 0.05) is 69.4 Å². The van der Waals surface area contributed by atoms with Crippen LogP contribution in [0, 0.1) is 34.6 Å². The molecular weight excluding hydrogens is 1110 g/mol. The zero-order valence-electron chi connectivity index (χ0n) is 54.7. The largest absolute Gasteiger partial charge is 0.317 e. The number of para-hydroxylation sites is 2. The van der Waals surface area contributed by atoms with Crippen molar-refractivity contribution in [3.63, 3.8) is 0 Å². The Morgan fingerprint density at radius 2 is 0.380 bits per heavy atom. The van der Waals surface area contributed by atoms with E-state index in [1.165, 1.54) is 94.6 Å². The van der Waals surface area contributed by atoms with Crippen molar-refractivity contribution < 1.29 is 0 Å². The third-order valence-corrected chi connectivity index (χ3v) is 16.6. The Labute approximate surface area is 548 Å². The summed E-state index contributed by atoms with van der Waals surface area (Å²) < 4.78 is 0. The zero-order chi connectivity index (χ0) is 64.0. The molecule has 0 aliphatic rings. The highest BCUT2D eigenvalue weighted by Gasteiger charge is 2.16. The Kier molecular flexibility index (Phi) is 22.4. The van der Waals surface area contributed by atoms with Gasteiger partial charge >= 0.3 is 0 Å². The second-order valence-electron chi connectivity index (χ2n) is 23.5. The van der Waals surface area contributed by atoms with Crippen LogP contribution in [0.1, 0.15) is 98.7 Å². The molecule has 0 bridgehead atoms. The number of anilines is 6. The first-order valence-corrected chi connectivity index (χ1v) is 32.4. The summed E-state index contributed by atoms with van der Waals surface area (Å²) in [6.07, 6.45) is 9.92. The molecule has 0 aliphatic carbocycles. The first-order valence-electron chi connectivity index (χ1n) is 32.4. The van der Waals surface area contributed by atoms with E-state index >= 15 is 0 Å². The van der Waals surface area contributed by atoms with E-state index in [0.717, 1.165) is 53.4 Å². The molecule has 0 spiro atoms. The summed E-state index contributed by atoms with van der Waals surface area (Å²) >= 11 is 0. The quantitative estimate of drug-likeness (QED) is 0.0848. The van der Waals surface area contributed by atoms with Gasteiger partial charge in [-0.05, 0) is 177 Å².